The molecule has 97 valence electrons. The highest BCUT2D eigenvalue weighted by Gasteiger charge is 2.11. The van der Waals surface area contributed by atoms with Crippen LogP contribution in [-0.2, 0) is 0 Å². The normalized spacial score (nSPS) is 10.1. The fourth-order valence-electron chi connectivity index (χ4n) is 1.26. The first-order valence-electron chi connectivity index (χ1n) is 5.11. The van der Waals surface area contributed by atoms with Crippen LogP contribution in [0.2, 0.25) is 0 Å². The Morgan fingerprint density at radius 3 is 1.53 bits per heavy atom. The summed E-state index contributed by atoms with van der Waals surface area (Å²) in [6.45, 7) is 0. The van der Waals surface area contributed by atoms with Gasteiger partial charge in [0.1, 0.15) is 23.1 Å². The van der Waals surface area contributed by atoms with Gasteiger partial charge in [-0.2, -0.15) is 0 Å². The lowest BCUT2D eigenvalue weighted by molar-refractivity contribution is 0.416. The van der Waals surface area contributed by atoms with Gasteiger partial charge in [-0.1, -0.05) is 0 Å². The van der Waals surface area contributed by atoms with Crippen molar-refractivity contribution in [1.82, 2.24) is 0 Å². The minimum atomic E-state index is -0.819. The second kappa shape index (κ2) is 5.64. The van der Waals surface area contributed by atoms with Crippen molar-refractivity contribution in [3.05, 3.63) is 59.7 Å². The van der Waals surface area contributed by atoms with Gasteiger partial charge in [0, 0.05) is 12.1 Å². The van der Waals surface area contributed by atoms with E-state index in [1.807, 2.05) is 0 Å². The summed E-state index contributed by atoms with van der Waals surface area (Å²) in [5.74, 6) is -3.92. The van der Waals surface area contributed by atoms with Crippen LogP contribution >= 0.6 is 0 Å². The van der Waals surface area contributed by atoms with Crippen LogP contribution in [-0.4, -0.2) is 7.69 Å². The van der Waals surface area contributed by atoms with Gasteiger partial charge in [-0.3, -0.25) is 0 Å². The van der Waals surface area contributed by atoms with Gasteiger partial charge in [-0.15, -0.1) is 0 Å². The largest absolute Gasteiger partial charge is 0.658 e. The number of hydrogen-bond acceptors (Lipinski definition) is 2. The molecule has 0 atom stereocenters. The summed E-state index contributed by atoms with van der Waals surface area (Å²) in [4.78, 5) is 0. The Kier molecular flexibility index (Phi) is 3.94. The minimum absolute atomic E-state index is 0.434. The molecule has 2 aromatic rings. The summed E-state index contributed by atoms with van der Waals surface area (Å²) in [7, 11) is 0.579. The van der Waals surface area contributed by atoms with Crippen molar-refractivity contribution in [2.75, 3.05) is 0 Å². The highest BCUT2D eigenvalue weighted by Crippen LogP contribution is 2.20. The molecule has 2 rings (SSSR count). The monoisotopic (exact) mass is 269 g/mol. The predicted octanol–water partition coefficient (Wildman–Crippen LogP) is 3.24. The third-order valence-electron chi connectivity index (χ3n) is 2.14. The van der Waals surface area contributed by atoms with Crippen molar-refractivity contribution < 1.29 is 26.9 Å². The predicted molar refractivity (Wildman–Crippen MR) is 59.7 cm³/mol. The van der Waals surface area contributed by atoms with E-state index in [-0.39, 0.29) is 0 Å². The smallest absolute Gasteiger partial charge is 0.524 e. The van der Waals surface area contributed by atoms with E-state index in [9.17, 15) is 17.6 Å². The molecule has 0 amide bonds. The Bertz CT molecular complexity index is 540. The lowest BCUT2D eigenvalue weighted by Gasteiger charge is -2.08. The SMILES string of the molecule is Fc1ccc(F)c(O[B]Oc2cc(F)ccc2F)c1. The number of benzene rings is 2. The van der Waals surface area contributed by atoms with E-state index in [0.717, 1.165) is 36.4 Å². The lowest BCUT2D eigenvalue weighted by Crippen LogP contribution is -2.13. The van der Waals surface area contributed by atoms with Crippen LogP contribution in [0.15, 0.2) is 36.4 Å². The quantitative estimate of drug-likeness (QED) is 0.626. The van der Waals surface area contributed by atoms with Crippen molar-refractivity contribution in [3.8, 4) is 11.5 Å². The molecule has 0 bridgehead atoms. The Balaban J connectivity index is 2.00. The Morgan fingerprint density at radius 1 is 0.684 bits per heavy atom. The molecule has 0 aliphatic heterocycles. The summed E-state index contributed by atoms with van der Waals surface area (Å²) in [6, 6.07) is 5.13. The van der Waals surface area contributed by atoms with E-state index >= 15 is 0 Å². The molecular formula is C12H6BF4O2. The third-order valence-corrected chi connectivity index (χ3v) is 2.14. The highest BCUT2D eigenvalue weighted by atomic mass is 19.1. The van der Waals surface area contributed by atoms with Crippen LogP contribution in [0.25, 0.3) is 0 Å². The Labute approximate surface area is 106 Å². The average Bonchev–Trinajstić information content (AvgIpc) is 2.38. The maximum Gasteiger partial charge on any atom is 0.658 e. The van der Waals surface area contributed by atoms with E-state index in [4.69, 9.17) is 0 Å². The zero-order valence-electron chi connectivity index (χ0n) is 9.37. The van der Waals surface area contributed by atoms with Crippen LogP contribution < -0.4 is 9.31 Å². The third kappa shape index (κ3) is 3.40. The van der Waals surface area contributed by atoms with Crippen molar-refractivity contribution in [2.45, 2.75) is 0 Å². The van der Waals surface area contributed by atoms with Crippen LogP contribution in [0.5, 0.6) is 11.5 Å². The number of hydrogen-bond donors (Lipinski definition) is 0. The van der Waals surface area contributed by atoms with E-state index in [0.29, 0.717) is 7.69 Å². The second-order valence-corrected chi connectivity index (χ2v) is 3.48. The van der Waals surface area contributed by atoms with Crippen molar-refractivity contribution in [3.63, 3.8) is 0 Å². The van der Waals surface area contributed by atoms with Crippen LogP contribution in [0, 0.1) is 23.3 Å². The fraction of sp³-hybridized carbons (Fsp3) is 0. The lowest BCUT2D eigenvalue weighted by atomic mass is 10.2. The van der Waals surface area contributed by atoms with Gasteiger partial charge in [0.25, 0.3) is 0 Å². The standard InChI is InChI=1S/C12H6BF4O2/c14-7-1-3-9(16)11(5-7)18-13-19-12-6-8(15)2-4-10(12)17/h1-6H. The maximum absolute atomic E-state index is 13.1. The molecule has 0 saturated carbocycles. The van der Waals surface area contributed by atoms with Gasteiger partial charge >= 0.3 is 7.69 Å². The first-order chi connectivity index (χ1) is 9.06. The molecule has 0 fully saturated rings. The first kappa shape index (κ1) is 13.3. The van der Waals surface area contributed by atoms with Crippen LogP contribution in [0.3, 0.4) is 0 Å². The zero-order chi connectivity index (χ0) is 13.8. The van der Waals surface area contributed by atoms with Crippen molar-refractivity contribution in [2.24, 2.45) is 0 Å². The van der Waals surface area contributed by atoms with E-state index in [1.165, 1.54) is 0 Å². The van der Waals surface area contributed by atoms with Gasteiger partial charge in [-0.05, 0) is 24.3 Å². The van der Waals surface area contributed by atoms with Crippen LogP contribution in [0.4, 0.5) is 17.6 Å². The summed E-state index contributed by atoms with van der Waals surface area (Å²) in [5, 5.41) is 0. The molecule has 0 N–H and O–H groups in total. The van der Waals surface area contributed by atoms with E-state index in [2.05, 4.69) is 9.31 Å². The number of rotatable bonds is 4. The van der Waals surface area contributed by atoms with Gasteiger partial charge < -0.3 is 9.31 Å². The molecule has 0 aliphatic carbocycles. The summed E-state index contributed by atoms with van der Waals surface area (Å²) >= 11 is 0. The zero-order valence-corrected chi connectivity index (χ0v) is 9.37. The molecule has 0 saturated heterocycles. The molecule has 7 heteroatoms. The second-order valence-electron chi connectivity index (χ2n) is 3.48. The Morgan fingerprint density at radius 2 is 1.11 bits per heavy atom. The average molecular weight is 269 g/mol. The Hall–Kier alpha value is -2.18. The highest BCUT2D eigenvalue weighted by molar-refractivity contribution is 6.20. The molecule has 2 aromatic carbocycles. The molecule has 0 unspecified atom stereocenters. The maximum atomic E-state index is 13.1. The van der Waals surface area contributed by atoms with E-state index in [1.54, 1.807) is 0 Å². The fourth-order valence-corrected chi connectivity index (χ4v) is 1.26. The molecule has 2 nitrogen and oxygen atoms in total. The first-order valence-corrected chi connectivity index (χ1v) is 5.11. The molecule has 0 aliphatic rings. The molecule has 0 spiro atoms. The van der Waals surface area contributed by atoms with Gasteiger partial charge in [-0.25, -0.2) is 17.6 Å². The topological polar surface area (TPSA) is 18.5 Å². The minimum Gasteiger partial charge on any atom is -0.524 e. The van der Waals surface area contributed by atoms with Gasteiger partial charge in [0.05, 0.1) is 0 Å². The van der Waals surface area contributed by atoms with E-state index < -0.39 is 34.8 Å². The molecule has 19 heavy (non-hydrogen) atoms. The summed E-state index contributed by atoms with van der Waals surface area (Å²) in [6.07, 6.45) is 0. The van der Waals surface area contributed by atoms with Crippen molar-refractivity contribution in [1.29, 1.82) is 0 Å². The van der Waals surface area contributed by atoms with Crippen LogP contribution in [0.1, 0.15) is 0 Å². The molecule has 0 aromatic heterocycles. The summed E-state index contributed by atoms with van der Waals surface area (Å²) < 4.78 is 61.2. The molecule has 0 heterocycles. The van der Waals surface area contributed by atoms with Gasteiger partial charge in [0.15, 0.2) is 11.6 Å². The molecule has 1 radical (unpaired) electrons. The number of halogens is 4. The summed E-state index contributed by atoms with van der Waals surface area (Å²) in [5.41, 5.74) is 0. The molecular weight excluding hydrogens is 263 g/mol. The van der Waals surface area contributed by atoms with Gasteiger partial charge in [0.2, 0.25) is 0 Å². The van der Waals surface area contributed by atoms with Crippen molar-refractivity contribution >= 4 is 7.69 Å².